The van der Waals surface area contributed by atoms with Crippen LogP contribution in [0.5, 0.6) is 0 Å². The third-order valence-corrected chi connectivity index (χ3v) is 8.10. The Morgan fingerprint density at radius 3 is 1.76 bits per heavy atom. The van der Waals surface area contributed by atoms with E-state index in [0.717, 1.165) is 27.8 Å². The van der Waals surface area contributed by atoms with E-state index in [9.17, 15) is 13.2 Å². The lowest BCUT2D eigenvalue weighted by atomic mass is 9.95. The summed E-state index contributed by atoms with van der Waals surface area (Å²) in [6.07, 6.45) is 1.90. The first-order valence-corrected chi connectivity index (χ1v) is 11.3. The summed E-state index contributed by atoms with van der Waals surface area (Å²) in [4.78, 5) is 14.2. The molecule has 1 heterocycles. The van der Waals surface area contributed by atoms with Crippen LogP contribution in [0.25, 0.3) is 0 Å². The SMILES string of the molecule is CSCC(=O)N1CCN(S(=O)(=O)c2c(C)c(C)c(C)c(C)c2C)CC1. The highest BCUT2D eigenvalue weighted by molar-refractivity contribution is 7.99. The van der Waals surface area contributed by atoms with Gasteiger partial charge in [-0.3, -0.25) is 4.79 Å². The molecule has 0 atom stereocenters. The van der Waals surface area contributed by atoms with Gasteiger partial charge in [0.15, 0.2) is 0 Å². The highest BCUT2D eigenvalue weighted by atomic mass is 32.2. The Morgan fingerprint density at radius 2 is 1.32 bits per heavy atom. The first-order chi connectivity index (χ1) is 11.6. The van der Waals surface area contributed by atoms with Gasteiger partial charge in [0.2, 0.25) is 15.9 Å². The molecule has 0 aliphatic carbocycles. The number of carbonyl (C=O) groups is 1. The normalized spacial score (nSPS) is 16.3. The molecule has 1 saturated heterocycles. The van der Waals surface area contributed by atoms with E-state index in [0.29, 0.717) is 36.8 Å². The number of nitrogens with zero attached hydrogens (tertiary/aromatic N) is 2. The van der Waals surface area contributed by atoms with Crippen LogP contribution in [0.15, 0.2) is 4.90 Å². The molecule has 1 aliphatic rings. The second-order valence-corrected chi connectivity index (χ2v) is 9.41. The van der Waals surface area contributed by atoms with Gasteiger partial charge in [0.05, 0.1) is 10.6 Å². The van der Waals surface area contributed by atoms with Crippen molar-refractivity contribution < 1.29 is 13.2 Å². The summed E-state index contributed by atoms with van der Waals surface area (Å²) in [6.45, 7) is 11.4. The number of carbonyl (C=O) groups excluding carboxylic acids is 1. The summed E-state index contributed by atoms with van der Waals surface area (Å²) in [6, 6.07) is 0. The van der Waals surface area contributed by atoms with Crippen molar-refractivity contribution in [2.45, 2.75) is 39.5 Å². The monoisotopic (exact) mass is 384 g/mol. The molecule has 25 heavy (non-hydrogen) atoms. The fourth-order valence-electron chi connectivity index (χ4n) is 3.37. The van der Waals surface area contributed by atoms with Gasteiger partial charge in [-0.15, -0.1) is 0 Å². The van der Waals surface area contributed by atoms with Crippen LogP contribution in [0, 0.1) is 34.6 Å². The molecule has 0 N–H and O–H groups in total. The zero-order valence-electron chi connectivity index (χ0n) is 16.0. The quantitative estimate of drug-likeness (QED) is 0.800. The molecule has 1 amide bonds. The summed E-state index contributed by atoms with van der Waals surface area (Å²) >= 11 is 1.49. The molecule has 140 valence electrons. The number of sulfonamides is 1. The predicted molar refractivity (Wildman–Crippen MR) is 104 cm³/mol. The molecular weight excluding hydrogens is 356 g/mol. The lowest BCUT2D eigenvalue weighted by molar-refractivity contribution is -0.129. The number of hydrogen-bond acceptors (Lipinski definition) is 4. The highest BCUT2D eigenvalue weighted by Crippen LogP contribution is 2.31. The molecular formula is C18H28N2O3S2. The first-order valence-electron chi connectivity index (χ1n) is 8.46. The van der Waals surface area contributed by atoms with Crippen molar-refractivity contribution in [2.75, 3.05) is 38.2 Å². The van der Waals surface area contributed by atoms with Gasteiger partial charge in [0, 0.05) is 26.2 Å². The summed E-state index contributed by atoms with van der Waals surface area (Å²) < 4.78 is 28.1. The molecule has 1 fully saturated rings. The van der Waals surface area contributed by atoms with E-state index in [1.165, 1.54) is 16.1 Å². The standard InChI is InChI=1S/C18H28N2O3S2/c1-12-13(2)15(4)18(16(5)14(12)3)25(22,23)20-9-7-19(8-10-20)17(21)11-24-6/h7-11H2,1-6H3. The van der Waals surface area contributed by atoms with Gasteiger partial charge in [-0.1, -0.05) is 0 Å². The number of thioether (sulfide) groups is 1. The maximum atomic E-state index is 13.3. The molecule has 0 spiro atoms. The van der Waals surface area contributed by atoms with E-state index in [1.807, 2.05) is 40.9 Å². The number of amides is 1. The third kappa shape index (κ3) is 3.73. The highest BCUT2D eigenvalue weighted by Gasteiger charge is 2.33. The van der Waals surface area contributed by atoms with Crippen molar-refractivity contribution in [3.8, 4) is 0 Å². The van der Waals surface area contributed by atoms with Crippen LogP contribution in [0.3, 0.4) is 0 Å². The Hall–Kier alpha value is -1.05. The smallest absolute Gasteiger partial charge is 0.243 e. The van der Waals surface area contributed by atoms with E-state index < -0.39 is 10.0 Å². The van der Waals surface area contributed by atoms with E-state index in [4.69, 9.17) is 0 Å². The van der Waals surface area contributed by atoms with Gasteiger partial charge >= 0.3 is 0 Å². The van der Waals surface area contributed by atoms with Crippen LogP contribution in [0.4, 0.5) is 0 Å². The van der Waals surface area contributed by atoms with Gasteiger partial charge in [0.1, 0.15) is 0 Å². The summed E-state index contributed by atoms with van der Waals surface area (Å²) in [5, 5.41) is 0. The van der Waals surface area contributed by atoms with Crippen molar-refractivity contribution in [1.29, 1.82) is 0 Å². The van der Waals surface area contributed by atoms with Gasteiger partial charge in [0.25, 0.3) is 0 Å². The molecule has 0 bridgehead atoms. The van der Waals surface area contributed by atoms with Crippen LogP contribution in [0.1, 0.15) is 27.8 Å². The van der Waals surface area contributed by atoms with Crippen molar-refractivity contribution in [3.63, 3.8) is 0 Å². The number of benzene rings is 1. The Morgan fingerprint density at radius 1 is 0.880 bits per heavy atom. The topological polar surface area (TPSA) is 57.7 Å². The molecule has 5 nitrogen and oxygen atoms in total. The van der Waals surface area contributed by atoms with Crippen LogP contribution < -0.4 is 0 Å². The van der Waals surface area contributed by atoms with E-state index in [-0.39, 0.29) is 5.91 Å². The molecule has 1 aromatic rings. The van der Waals surface area contributed by atoms with E-state index >= 15 is 0 Å². The maximum Gasteiger partial charge on any atom is 0.243 e. The average molecular weight is 385 g/mol. The molecule has 7 heteroatoms. The molecule has 0 saturated carbocycles. The lowest BCUT2D eigenvalue weighted by Crippen LogP contribution is -2.51. The zero-order valence-corrected chi connectivity index (χ0v) is 17.6. The fourth-order valence-corrected chi connectivity index (χ4v) is 5.79. The predicted octanol–water partition coefficient (Wildman–Crippen LogP) is 2.42. The van der Waals surface area contributed by atoms with Crippen LogP contribution >= 0.6 is 11.8 Å². The molecule has 1 aromatic carbocycles. The van der Waals surface area contributed by atoms with E-state index in [1.54, 1.807) is 4.90 Å². The van der Waals surface area contributed by atoms with Gasteiger partial charge in [-0.2, -0.15) is 16.1 Å². The van der Waals surface area contributed by atoms with Crippen molar-refractivity contribution in [3.05, 3.63) is 27.8 Å². The molecule has 0 unspecified atom stereocenters. The minimum atomic E-state index is -3.56. The molecule has 1 aliphatic heterocycles. The van der Waals surface area contributed by atoms with Crippen molar-refractivity contribution in [1.82, 2.24) is 9.21 Å². The molecule has 0 radical (unpaired) electrons. The number of piperazine rings is 1. The van der Waals surface area contributed by atoms with Crippen LogP contribution in [-0.4, -0.2) is 61.7 Å². The number of hydrogen-bond donors (Lipinski definition) is 0. The summed E-state index contributed by atoms with van der Waals surface area (Å²) in [5.74, 6) is 0.528. The van der Waals surface area contributed by atoms with Gasteiger partial charge in [-0.05, 0) is 68.7 Å². The zero-order chi connectivity index (χ0) is 18.9. The summed E-state index contributed by atoms with van der Waals surface area (Å²) in [7, 11) is -3.56. The fraction of sp³-hybridized carbons (Fsp3) is 0.611. The Labute approximate surface area is 155 Å². The lowest BCUT2D eigenvalue weighted by Gasteiger charge is -2.35. The van der Waals surface area contributed by atoms with Gasteiger partial charge in [-0.25, -0.2) is 8.42 Å². The van der Waals surface area contributed by atoms with Crippen molar-refractivity contribution >= 4 is 27.7 Å². The summed E-state index contributed by atoms with van der Waals surface area (Å²) in [5.41, 5.74) is 4.90. The maximum absolute atomic E-state index is 13.3. The van der Waals surface area contributed by atoms with Crippen LogP contribution in [0.2, 0.25) is 0 Å². The Bertz CT molecular complexity index is 751. The molecule has 0 aromatic heterocycles. The Balaban J connectivity index is 2.32. The van der Waals surface area contributed by atoms with E-state index in [2.05, 4.69) is 0 Å². The van der Waals surface area contributed by atoms with Gasteiger partial charge < -0.3 is 4.90 Å². The minimum Gasteiger partial charge on any atom is -0.339 e. The minimum absolute atomic E-state index is 0.0823. The average Bonchev–Trinajstić information content (AvgIpc) is 2.58. The third-order valence-electron chi connectivity index (χ3n) is 5.39. The van der Waals surface area contributed by atoms with Crippen molar-refractivity contribution in [2.24, 2.45) is 0 Å². The molecule has 2 rings (SSSR count). The van der Waals surface area contributed by atoms with Crippen LogP contribution in [-0.2, 0) is 14.8 Å². The second kappa shape index (κ2) is 7.68. The number of rotatable bonds is 4. The Kier molecular flexibility index (Phi) is 6.22. The largest absolute Gasteiger partial charge is 0.339 e. The second-order valence-electron chi connectivity index (χ2n) is 6.67. The first kappa shape index (κ1) is 20.3.